The predicted molar refractivity (Wildman–Crippen MR) is 109 cm³/mol. The molecule has 1 aliphatic rings. The summed E-state index contributed by atoms with van der Waals surface area (Å²) in [4.78, 5) is 27.3. The third kappa shape index (κ3) is 3.74. The van der Waals surface area contributed by atoms with Crippen molar-refractivity contribution in [1.29, 1.82) is 0 Å². The fourth-order valence-corrected chi connectivity index (χ4v) is 3.72. The van der Waals surface area contributed by atoms with E-state index >= 15 is 0 Å². The van der Waals surface area contributed by atoms with Gasteiger partial charge in [-0.05, 0) is 43.2 Å². The molecule has 0 fully saturated rings. The van der Waals surface area contributed by atoms with Gasteiger partial charge in [0.1, 0.15) is 0 Å². The molecule has 0 aliphatic carbocycles. The molecule has 5 heteroatoms. The summed E-state index contributed by atoms with van der Waals surface area (Å²) in [5.41, 5.74) is 3.09. The number of amides is 1. The second-order valence-electron chi connectivity index (χ2n) is 6.33. The molecule has 138 valence electrons. The first-order valence-electron chi connectivity index (χ1n) is 8.59. The molecule has 0 saturated heterocycles. The molecule has 1 heterocycles. The molecule has 0 bridgehead atoms. The highest BCUT2D eigenvalue weighted by molar-refractivity contribution is 9.10. The SMILES string of the molecule is COC(=O)C1=C(C)N([C@@H](C)c2ccccc2)C(=O)/C1=C\c1cccc(Br)c1. The molecular formula is C22H20BrNO3. The Hall–Kier alpha value is -2.66. The van der Waals surface area contributed by atoms with Gasteiger partial charge < -0.3 is 9.64 Å². The van der Waals surface area contributed by atoms with Crippen molar-refractivity contribution in [1.82, 2.24) is 4.90 Å². The first-order valence-corrected chi connectivity index (χ1v) is 9.38. The van der Waals surface area contributed by atoms with Gasteiger partial charge in [0.2, 0.25) is 0 Å². The van der Waals surface area contributed by atoms with E-state index in [0.717, 1.165) is 15.6 Å². The third-order valence-corrected chi connectivity index (χ3v) is 5.15. The number of allylic oxidation sites excluding steroid dienone is 1. The average molecular weight is 426 g/mol. The number of hydrogen-bond donors (Lipinski definition) is 0. The normalized spacial score (nSPS) is 16.8. The van der Waals surface area contributed by atoms with Gasteiger partial charge >= 0.3 is 5.97 Å². The molecule has 2 aromatic rings. The topological polar surface area (TPSA) is 46.6 Å². The van der Waals surface area contributed by atoms with Crippen LogP contribution in [0.4, 0.5) is 0 Å². The van der Waals surface area contributed by atoms with Gasteiger partial charge in [0, 0.05) is 10.2 Å². The van der Waals surface area contributed by atoms with E-state index in [1.807, 2.05) is 61.5 Å². The van der Waals surface area contributed by atoms with Crippen LogP contribution >= 0.6 is 15.9 Å². The Morgan fingerprint density at radius 2 is 1.85 bits per heavy atom. The zero-order chi connectivity index (χ0) is 19.6. The summed E-state index contributed by atoms with van der Waals surface area (Å²) < 4.78 is 5.85. The van der Waals surface area contributed by atoms with Crippen molar-refractivity contribution in [3.63, 3.8) is 0 Å². The molecule has 0 saturated carbocycles. The molecule has 3 rings (SSSR count). The fraction of sp³-hybridized carbons (Fsp3) is 0.182. The number of halogens is 1. The Kier molecular flexibility index (Phi) is 5.61. The quantitative estimate of drug-likeness (QED) is 0.517. The second kappa shape index (κ2) is 7.92. The monoisotopic (exact) mass is 425 g/mol. The fourth-order valence-electron chi connectivity index (χ4n) is 3.31. The van der Waals surface area contributed by atoms with E-state index in [2.05, 4.69) is 15.9 Å². The van der Waals surface area contributed by atoms with Crippen molar-refractivity contribution in [2.75, 3.05) is 7.11 Å². The zero-order valence-electron chi connectivity index (χ0n) is 15.4. The number of ether oxygens (including phenoxy) is 1. The minimum Gasteiger partial charge on any atom is -0.465 e. The molecule has 0 spiro atoms. The number of carbonyl (C=O) groups excluding carboxylic acids is 2. The highest BCUT2D eigenvalue weighted by atomic mass is 79.9. The van der Waals surface area contributed by atoms with Crippen LogP contribution < -0.4 is 0 Å². The minimum atomic E-state index is -0.509. The molecule has 0 unspecified atom stereocenters. The third-order valence-electron chi connectivity index (χ3n) is 4.66. The van der Waals surface area contributed by atoms with Crippen LogP contribution in [-0.4, -0.2) is 23.9 Å². The molecule has 2 aromatic carbocycles. The van der Waals surface area contributed by atoms with Crippen LogP contribution in [-0.2, 0) is 14.3 Å². The first kappa shape index (κ1) is 19.1. The summed E-state index contributed by atoms with van der Waals surface area (Å²) in [7, 11) is 1.33. The van der Waals surface area contributed by atoms with E-state index in [0.29, 0.717) is 16.8 Å². The van der Waals surface area contributed by atoms with Crippen molar-refractivity contribution in [2.24, 2.45) is 0 Å². The van der Waals surface area contributed by atoms with Crippen LogP contribution in [0.15, 0.2) is 75.9 Å². The van der Waals surface area contributed by atoms with Gasteiger partial charge in [0.15, 0.2) is 0 Å². The predicted octanol–water partition coefficient (Wildman–Crippen LogP) is 4.88. The van der Waals surface area contributed by atoms with Gasteiger partial charge in [0.05, 0.1) is 24.3 Å². The Labute approximate surface area is 167 Å². The van der Waals surface area contributed by atoms with Crippen molar-refractivity contribution >= 4 is 33.9 Å². The summed E-state index contributed by atoms with van der Waals surface area (Å²) in [6, 6.07) is 17.1. The highest BCUT2D eigenvalue weighted by Crippen LogP contribution is 2.37. The lowest BCUT2D eigenvalue weighted by atomic mass is 10.0. The second-order valence-corrected chi connectivity index (χ2v) is 7.24. The lowest BCUT2D eigenvalue weighted by Gasteiger charge is -2.26. The van der Waals surface area contributed by atoms with Gasteiger partial charge in [-0.25, -0.2) is 4.79 Å². The van der Waals surface area contributed by atoms with E-state index in [9.17, 15) is 9.59 Å². The lowest BCUT2D eigenvalue weighted by Crippen LogP contribution is -2.28. The van der Waals surface area contributed by atoms with E-state index in [4.69, 9.17) is 4.74 Å². The van der Waals surface area contributed by atoms with Gasteiger partial charge in [-0.1, -0.05) is 58.4 Å². The van der Waals surface area contributed by atoms with Crippen LogP contribution in [0.25, 0.3) is 6.08 Å². The summed E-state index contributed by atoms with van der Waals surface area (Å²) in [6.07, 6.45) is 1.74. The van der Waals surface area contributed by atoms with Gasteiger partial charge in [-0.15, -0.1) is 0 Å². The van der Waals surface area contributed by atoms with E-state index in [1.54, 1.807) is 17.9 Å². The summed E-state index contributed by atoms with van der Waals surface area (Å²) in [5, 5.41) is 0. The van der Waals surface area contributed by atoms with Crippen LogP contribution in [0.3, 0.4) is 0 Å². The maximum atomic E-state index is 13.2. The maximum Gasteiger partial charge on any atom is 0.340 e. The average Bonchev–Trinajstić information content (AvgIpc) is 2.91. The number of benzene rings is 2. The Morgan fingerprint density at radius 1 is 1.15 bits per heavy atom. The number of hydrogen-bond acceptors (Lipinski definition) is 3. The van der Waals surface area contributed by atoms with Crippen LogP contribution in [0.2, 0.25) is 0 Å². The first-order chi connectivity index (χ1) is 12.9. The maximum absolute atomic E-state index is 13.2. The number of methoxy groups -OCH3 is 1. The van der Waals surface area contributed by atoms with Crippen LogP contribution in [0.1, 0.15) is 31.0 Å². The lowest BCUT2D eigenvalue weighted by molar-refractivity contribution is -0.136. The van der Waals surface area contributed by atoms with Gasteiger partial charge in [-0.2, -0.15) is 0 Å². The standard InChI is InChI=1S/C22H20BrNO3/c1-14(17-9-5-4-6-10-17)24-15(2)20(22(26)27-3)19(21(24)25)13-16-8-7-11-18(23)12-16/h4-14H,1-3H3/b19-13-/t14-/m0/s1. The van der Waals surface area contributed by atoms with Crippen molar-refractivity contribution in [3.05, 3.63) is 87.0 Å². The summed E-state index contributed by atoms with van der Waals surface area (Å²) >= 11 is 3.43. The van der Waals surface area contributed by atoms with E-state index < -0.39 is 5.97 Å². The molecule has 27 heavy (non-hydrogen) atoms. The summed E-state index contributed by atoms with van der Waals surface area (Å²) in [6.45, 7) is 3.74. The number of nitrogens with zero attached hydrogens (tertiary/aromatic N) is 1. The molecule has 0 radical (unpaired) electrons. The Balaban J connectivity index is 2.09. The molecule has 4 nitrogen and oxygen atoms in total. The number of carbonyl (C=O) groups is 2. The minimum absolute atomic E-state index is 0.202. The van der Waals surface area contributed by atoms with Crippen LogP contribution in [0.5, 0.6) is 0 Å². The van der Waals surface area contributed by atoms with E-state index in [-0.39, 0.29) is 11.9 Å². The van der Waals surface area contributed by atoms with Crippen LogP contribution in [0, 0.1) is 0 Å². The van der Waals surface area contributed by atoms with Crippen molar-refractivity contribution in [2.45, 2.75) is 19.9 Å². The highest BCUT2D eigenvalue weighted by Gasteiger charge is 2.39. The summed E-state index contributed by atoms with van der Waals surface area (Å²) in [5.74, 6) is -0.714. The largest absolute Gasteiger partial charge is 0.465 e. The zero-order valence-corrected chi connectivity index (χ0v) is 17.0. The van der Waals surface area contributed by atoms with Gasteiger partial charge in [-0.3, -0.25) is 4.79 Å². The molecule has 1 amide bonds. The van der Waals surface area contributed by atoms with Gasteiger partial charge in [0.25, 0.3) is 5.91 Å². The Bertz CT molecular complexity index is 947. The molecule has 1 atom stereocenters. The molecule has 0 aromatic heterocycles. The Morgan fingerprint density at radius 3 is 2.48 bits per heavy atom. The van der Waals surface area contributed by atoms with E-state index in [1.165, 1.54) is 7.11 Å². The van der Waals surface area contributed by atoms with Crippen molar-refractivity contribution in [3.8, 4) is 0 Å². The smallest absolute Gasteiger partial charge is 0.340 e. The molecular weight excluding hydrogens is 406 g/mol. The number of esters is 1. The molecule has 0 N–H and O–H groups in total. The number of rotatable bonds is 4. The molecule has 1 aliphatic heterocycles. The van der Waals surface area contributed by atoms with Crippen molar-refractivity contribution < 1.29 is 14.3 Å².